The van der Waals surface area contributed by atoms with Crippen LogP contribution in [0.1, 0.15) is 109 Å². The van der Waals surface area contributed by atoms with Crippen LogP contribution in [0.4, 0.5) is 0 Å². The molecule has 0 N–H and O–H groups in total. The normalized spacial score (nSPS) is 19.6. The average Bonchev–Trinajstić information content (AvgIpc) is 2.91. The first-order valence-electron chi connectivity index (χ1n) is 14.8. The summed E-state index contributed by atoms with van der Waals surface area (Å²) in [6.45, 7) is 0. The maximum atomic E-state index is 5.15. The fourth-order valence-corrected chi connectivity index (χ4v) is 6.38. The topological polar surface area (TPSA) is 51.6 Å². The fraction of sp³-hybridized carbons (Fsp3) is 0.412. The van der Waals surface area contributed by atoms with Gasteiger partial charge in [-0.25, -0.2) is 19.9 Å². The monoisotopic (exact) mass is 500 g/mol. The van der Waals surface area contributed by atoms with Crippen molar-refractivity contribution in [2.45, 2.75) is 89.9 Å². The van der Waals surface area contributed by atoms with Gasteiger partial charge in [-0.1, -0.05) is 62.8 Å². The molecule has 4 nitrogen and oxygen atoms in total. The van der Waals surface area contributed by atoms with Crippen molar-refractivity contribution in [1.29, 1.82) is 0 Å². The lowest BCUT2D eigenvalue weighted by Gasteiger charge is -2.15. The molecule has 0 unspecified atom stereocenters. The molecule has 2 heterocycles. The van der Waals surface area contributed by atoms with Crippen LogP contribution in [0.2, 0.25) is 0 Å². The minimum Gasteiger partial charge on any atom is -0.249 e. The van der Waals surface area contributed by atoms with Gasteiger partial charge in [-0.3, -0.25) is 0 Å². The molecule has 4 aromatic rings. The van der Waals surface area contributed by atoms with Gasteiger partial charge in [0.25, 0.3) is 0 Å². The molecule has 0 atom stereocenters. The smallest absolute Gasteiger partial charge is 0.0896 e. The summed E-state index contributed by atoms with van der Waals surface area (Å²) in [5.41, 5.74) is 13.7. The molecule has 3 aliphatic rings. The SMILES string of the molecule is C1=C\c2cc3nc4c(nc3cc2/C=C\c2cc3nc5c(nc3cc2/1)CCCCCCCC5)CCCCCC4. The number of hydrogen-bond acceptors (Lipinski definition) is 4. The van der Waals surface area contributed by atoms with Gasteiger partial charge in [0.15, 0.2) is 0 Å². The van der Waals surface area contributed by atoms with Gasteiger partial charge in [-0.2, -0.15) is 0 Å². The van der Waals surface area contributed by atoms with E-state index in [0.717, 1.165) is 47.8 Å². The lowest BCUT2D eigenvalue weighted by molar-refractivity contribution is 0.573. The molecule has 0 bridgehead atoms. The number of benzene rings is 2. The molecular formula is C34H36N4. The number of rotatable bonds is 0. The predicted molar refractivity (Wildman–Crippen MR) is 158 cm³/mol. The summed E-state index contributed by atoms with van der Waals surface area (Å²) in [4.78, 5) is 20.5. The van der Waals surface area contributed by atoms with Gasteiger partial charge in [-0.05, 0) is 97.9 Å². The third-order valence-electron chi connectivity index (χ3n) is 8.59. The Labute approximate surface area is 225 Å². The predicted octanol–water partition coefficient (Wildman–Crippen LogP) is 8.33. The van der Waals surface area contributed by atoms with E-state index in [2.05, 4.69) is 48.6 Å². The van der Waals surface area contributed by atoms with E-state index >= 15 is 0 Å². The van der Waals surface area contributed by atoms with Crippen molar-refractivity contribution in [3.63, 3.8) is 0 Å². The minimum absolute atomic E-state index is 1.01. The van der Waals surface area contributed by atoms with Gasteiger partial charge < -0.3 is 0 Å². The van der Waals surface area contributed by atoms with Crippen LogP contribution in [0.5, 0.6) is 0 Å². The molecule has 0 aliphatic heterocycles. The fourth-order valence-electron chi connectivity index (χ4n) is 6.38. The Hall–Kier alpha value is -3.40. The molecule has 0 radical (unpaired) electrons. The molecule has 0 spiro atoms. The van der Waals surface area contributed by atoms with Gasteiger partial charge >= 0.3 is 0 Å². The zero-order chi connectivity index (χ0) is 25.3. The summed E-state index contributed by atoms with van der Waals surface area (Å²) in [6.07, 6.45) is 25.9. The Morgan fingerprint density at radius 2 is 0.553 bits per heavy atom. The van der Waals surface area contributed by atoms with Crippen molar-refractivity contribution < 1.29 is 0 Å². The number of fused-ring (bicyclic) bond motifs is 6. The van der Waals surface area contributed by atoms with E-state index in [1.54, 1.807) is 0 Å². The van der Waals surface area contributed by atoms with Gasteiger partial charge in [0.05, 0.1) is 44.8 Å². The van der Waals surface area contributed by atoms with Crippen molar-refractivity contribution in [2.75, 3.05) is 0 Å². The summed E-state index contributed by atoms with van der Waals surface area (Å²) in [6, 6.07) is 8.90. The Morgan fingerprint density at radius 3 is 0.816 bits per heavy atom. The van der Waals surface area contributed by atoms with Crippen LogP contribution in [-0.4, -0.2) is 19.9 Å². The molecule has 0 fully saturated rings. The molecule has 0 saturated heterocycles. The second-order valence-corrected chi connectivity index (χ2v) is 11.4. The highest BCUT2D eigenvalue weighted by Gasteiger charge is 2.15. The van der Waals surface area contributed by atoms with E-state index in [0.29, 0.717) is 0 Å². The van der Waals surface area contributed by atoms with Crippen LogP contribution < -0.4 is 0 Å². The lowest BCUT2D eigenvalue weighted by atomic mass is 9.96. The van der Waals surface area contributed by atoms with E-state index in [4.69, 9.17) is 19.9 Å². The first kappa shape index (κ1) is 23.7. The largest absolute Gasteiger partial charge is 0.249 e. The molecule has 0 saturated carbocycles. The minimum atomic E-state index is 1.01. The van der Waals surface area contributed by atoms with Gasteiger partial charge in [0, 0.05) is 0 Å². The highest BCUT2D eigenvalue weighted by atomic mass is 14.8. The molecular weight excluding hydrogens is 464 g/mol. The Morgan fingerprint density at radius 1 is 0.316 bits per heavy atom. The van der Waals surface area contributed by atoms with E-state index < -0.39 is 0 Å². The van der Waals surface area contributed by atoms with Crippen LogP contribution in [0.15, 0.2) is 24.3 Å². The van der Waals surface area contributed by atoms with Gasteiger partial charge in [0.2, 0.25) is 0 Å². The van der Waals surface area contributed by atoms with Crippen LogP contribution >= 0.6 is 0 Å². The van der Waals surface area contributed by atoms with E-state index in [1.165, 1.54) is 109 Å². The molecule has 2 aromatic heterocycles. The Kier molecular flexibility index (Phi) is 6.48. The Balaban J connectivity index is 1.27. The molecule has 2 aromatic carbocycles. The zero-order valence-electron chi connectivity index (χ0n) is 22.3. The summed E-state index contributed by atoms with van der Waals surface area (Å²) < 4.78 is 0. The summed E-state index contributed by atoms with van der Waals surface area (Å²) in [5, 5.41) is 0. The molecule has 3 aliphatic carbocycles. The second-order valence-electron chi connectivity index (χ2n) is 11.4. The van der Waals surface area contributed by atoms with E-state index in [1.807, 2.05) is 0 Å². The van der Waals surface area contributed by atoms with Crippen molar-refractivity contribution in [3.8, 4) is 0 Å². The van der Waals surface area contributed by atoms with E-state index in [9.17, 15) is 0 Å². The third kappa shape index (κ3) is 4.77. The maximum Gasteiger partial charge on any atom is 0.0896 e. The summed E-state index contributed by atoms with van der Waals surface area (Å²) in [7, 11) is 0. The third-order valence-corrected chi connectivity index (χ3v) is 8.59. The molecule has 38 heavy (non-hydrogen) atoms. The number of aromatic nitrogens is 4. The highest BCUT2D eigenvalue weighted by Crippen LogP contribution is 2.30. The number of hydrogen-bond donors (Lipinski definition) is 0. The lowest BCUT2D eigenvalue weighted by Crippen LogP contribution is -2.06. The van der Waals surface area contributed by atoms with Crippen molar-refractivity contribution in [3.05, 3.63) is 69.3 Å². The molecule has 0 amide bonds. The van der Waals surface area contributed by atoms with Gasteiger partial charge in [-0.15, -0.1) is 0 Å². The Bertz CT molecular complexity index is 1460. The molecule has 7 rings (SSSR count). The standard InChI is InChI=1S/C34H36N4/c1-2-4-8-12-28-27(11-7-3-1)35-31-19-23-15-17-25-21-33-34(22-26(25)18-16-24(23)20-32(31)36-28)38-30-14-10-6-5-9-13-29(30)37-33/h15-22H,1-14H2/b17-15-,18-16-,23-15?,24-16?,25-17?,26-18?. The summed E-state index contributed by atoms with van der Waals surface area (Å²) in [5.74, 6) is 0. The molecule has 192 valence electrons. The van der Waals surface area contributed by atoms with Crippen LogP contribution in [0, 0.1) is 0 Å². The van der Waals surface area contributed by atoms with Crippen molar-refractivity contribution in [2.24, 2.45) is 0 Å². The first-order chi connectivity index (χ1) is 18.8. The second kappa shape index (κ2) is 10.4. The quantitative estimate of drug-likeness (QED) is 0.214. The van der Waals surface area contributed by atoms with E-state index in [-0.39, 0.29) is 0 Å². The summed E-state index contributed by atoms with van der Waals surface area (Å²) >= 11 is 0. The van der Waals surface area contributed by atoms with Crippen LogP contribution in [0.25, 0.3) is 46.4 Å². The molecule has 4 heteroatoms. The van der Waals surface area contributed by atoms with Crippen LogP contribution in [0.3, 0.4) is 0 Å². The maximum absolute atomic E-state index is 5.15. The number of nitrogens with zero attached hydrogens (tertiary/aromatic N) is 4. The first-order valence-corrected chi connectivity index (χ1v) is 14.8. The highest BCUT2D eigenvalue weighted by molar-refractivity contribution is 5.94. The van der Waals surface area contributed by atoms with Crippen molar-refractivity contribution in [1.82, 2.24) is 19.9 Å². The van der Waals surface area contributed by atoms with Crippen LogP contribution in [-0.2, 0) is 25.7 Å². The zero-order valence-corrected chi connectivity index (χ0v) is 22.3. The van der Waals surface area contributed by atoms with Crippen molar-refractivity contribution >= 4 is 46.4 Å². The average molecular weight is 501 g/mol. The number of aryl methyl sites for hydroxylation is 4. The van der Waals surface area contributed by atoms with Gasteiger partial charge in [0.1, 0.15) is 0 Å².